The third-order valence-corrected chi connectivity index (χ3v) is 1.91. The average Bonchev–Trinajstić information content (AvgIpc) is 1.88. The van der Waals surface area contributed by atoms with Gasteiger partial charge in [0.05, 0.1) is 0 Å². The van der Waals surface area contributed by atoms with Crippen LogP contribution < -0.4 is 11.1 Å². The third kappa shape index (κ3) is 1.64. The fourth-order valence-corrected chi connectivity index (χ4v) is 1.22. The molecular weight excluding hydrogens is 138 g/mol. The first-order valence-corrected chi connectivity index (χ1v) is 3.46. The van der Waals surface area contributed by atoms with Gasteiger partial charge in [0.15, 0.2) is 0 Å². The van der Waals surface area contributed by atoms with Crippen LogP contribution in [0.2, 0.25) is 0 Å². The Labute approximate surface area is 58.8 Å². The molecule has 0 amide bonds. The van der Waals surface area contributed by atoms with E-state index in [1.165, 1.54) is 0 Å². The molecule has 1 aliphatic rings. The summed E-state index contributed by atoms with van der Waals surface area (Å²) in [6, 6.07) is -0.367. The van der Waals surface area contributed by atoms with Gasteiger partial charge >= 0.3 is 0 Å². The van der Waals surface area contributed by atoms with Crippen molar-refractivity contribution in [1.82, 2.24) is 5.32 Å². The second-order valence-corrected chi connectivity index (χ2v) is 2.65. The molecule has 0 saturated carbocycles. The maximum atomic E-state index is 12.1. The maximum absolute atomic E-state index is 12.1. The van der Waals surface area contributed by atoms with Gasteiger partial charge in [-0.15, -0.1) is 0 Å². The summed E-state index contributed by atoms with van der Waals surface area (Å²) >= 11 is 0. The second kappa shape index (κ2) is 3.25. The number of nitrogens with two attached hydrogens (primary N) is 1. The van der Waals surface area contributed by atoms with Crippen LogP contribution in [-0.4, -0.2) is 25.6 Å². The highest BCUT2D eigenvalue weighted by atomic mass is 19.3. The minimum absolute atomic E-state index is 0.367. The maximum Gasteiger partial charge on any atom is 0.243 e. The smallest absolute Gasteiger partial charge is 0.243 e. The van der Waals surface area contributed by atoms with Crippen molar-refractivity contribution in [3.05, 3.63) is 0 Å². The van der Waals surface area contributed by atoms with Gasteiger partial charge in [0, 0.05) is 18.5 Å². The molecule has 10 heavy (non-hydrogen) atoms. The summed E-state index contributed by atoms with van der Waals surface area (Å²) in [4.78, 5) is 0. The van der Waals surface area contributed by atoms with Gasteiger partial charge in [0.25, 0.3) is 0 Å². The van der Waals surface area contributed by atoms with E-state index in [0.717, 1.165) is 0 Å². The summed E-state index contributed by atoms with van der Waals surface area (Å²) < 4.78 is 24.1. The van der Waals surface area contributed by atoms with Crippen molar-refractivity contribution in [3.8, 4) is 0 Å². The van der Waals surface area contributed by atoms with Crippen molar-refractivity contribution in [3.63, 3.8) is 0 Å². The van der Waals surface area contributed by atoms with E-state index in [1.807, 2.05) is 0 Å². The van der Waals surface area contributed by atoms with E-state index < -0.39 is 12.3 Å². The lowest BCUT2D eigenvalue weighted by molar-refractivity contribution is 0.0491. The molecule has 0 spiro atoms. The van der Waals surface area contributed by atoms with Crippen LogP contribution in [0.3, 0.4) is 0 Å². The Hall–Kier alpha value is -0.220. The molecule has 3 N–H and O–H groups in total. The molecule has 60 valence electrons. The lowest BCUT2D eigenvalue weighted by Crippen LogP contribution is -2.48. The van der Waals surface area contributed by atoms with Crippen LogP contribution in [0.1, 0.15) is 6.42 Å². The second-order valence-electron chi connectivity index (χ2n) is 2.65. The van der Waals surface area contributed by atoms with Gasteiger partial charge in [-0.2, -0.15) is 0 Å². The minimum atomic E-state index is -2.25. The Kier molecular flexibility index (Phi) is 2.56. The zero-order valence-corrected chi connectivity index (χ0v) is 5.69. The van der Waals surface area contributed by atoms with Crippen LogP contribution in [0, 0.1) is 5.92 Å². The van der Waals surface area contributed by atoms with E-state index in [2.05, 4.69) is 5.32 Å². The highest BCUT2D eigenvalue weighted by molar-refractivity contribution is 4.81. The predicted molar refractivity (Wildman–Crippen MR) is 35.0 cm³/mol. The molecule has 0 aromatic heterocycles. The van der Waals surface area contributed by atoms with Crippen LogP contribution in [-0.2, 0) is 0 Å². The monoisotopic (exact) mass is 150 g/mol. The van der Waals surface area contributed by atoms with Crippen LogP contribution in [0.25, 0.3) is 0 Å². The zero-order valence-electron chi connectivity index (χ0n) is 5.69. The largest absolute Gasteiger partial charge is 0.326 e. The first-order chi connectivity index (χ1) is 4.72. The van der Waals surface area contributed by atoms with Gasteiger partial charge in [0.2, 0.25) is 6.43 Å². The molecule has 0 radical (unpaired) electrons. The standard InChI is InChI=1S/C6H12F2N2/c7-6(8)4-1-2-10-3-5(4)9/h4-6,10H,1-3,9H2. The highest BCUT2D eigenvalue weighted by Crippen LogP contribution is 2.18. The molecule has 2 atom stereocenters. The molecule has 1 heterocycles. The Morgan fingerprint density at radius 2 is 2.20 bits per heavy atom. The molecule has 2 unspecified atom stereocenters. The first-order valence-electron chi connectivity index (χ1n) is 3.46. The fraction of sp³-hybridized carbons (Fsp3) is 1.00. The van der Waals surface area contributed by atoms with Gasteiger partial charge in [-0.1, -0.05) is 0 Å². The highest BCUT2D eigenvalue weighted by Gasteiger charge is 2.28. The van der Waals surface area contributed by atoms with Gasteiger partial charge in [-0.3, -0.25) is 0 Å². The Bertz CT molecular complexity index is 108. The third-order valence-electron chi connectivity index (χ3n) is 1.91. The molecule has 0 aromatic carbocycles. The number of halogens is 2. The normalized spacial score (nSPS) is 34.8. The van der Waals surface area contributed by atoms with E-state index in [-0.39, 0.29) is 6.04 Å². The van der Waals surface area contributed by atoms with Crippen molar-refractivity contribution in [2.45, 2.75) is 18.9 Å². The molecule has 1 rings (SSSR count). The Balaban J connectivity index is 2.40. The van der Waals surface area contributed by atoms with E-state index in [0.29, 0.717) is 19.5 Å². The fourth-order valence-electron chi connectivity index (χ4n) is 1.22. The number of alkyl halides is 2. The van der Waals surface area contributed by atoms with Crippen LogP contribution in [0.5, 0.6) is 0 Å². The molecule has 0 aliphatic carbocycles. The summed E-state index contributed by atoms with van der Waals surface area (Å²) in [7, 11) is 0. The summed E-state index contributed by atoms with van der Waals surface area (Å²) in [5.41, 5.74) is 5.44. The summed E-state index contributed by atoms with van der Waals surface area (Å²) in [5, 5.41) is 2.96. The predicted octanol–water partition coefficient (Wildman–Crippen LogP) is 0.188. The van der Waals surface area contributed by atoms with Gasteiger partial charge in [0.1, 0.15) is 0 Å². The topological polar surface area (TPSA) is 38.0 Å². The number of piperidine rings is 1. The summed E-state index contributed by atoms with van der Waals surface area (Å²) in [6.07, 6.45) is -1.75. The average molecular weight is 150 g/mol. The van der Waals surface area contributed by atoms with Gasteiger partial charge in [-0.05, 0) is 13.0 Å². The van der Waals surface area contributed by atoms with Crippen molar-refractivity contribution in [1.29, 1.82) is 0 Å². The van der Waals surface area contributed by atoms with E-state index in [4.69, 9.17) is 5.73 Å². The lowest BCUT2D eigenvalue weighted by Gasteiger charge is -2.28. The zero-order chi connectivity index (χ0) is 7.56. The molecule has 1 fully saturated rings. The molecule has 4 heteroatoms. The van der Waals surface area contributed by atoms with Gasteiger partial charge in [-0.25, -0.2) is 8.78 Å². The van der Waals surface area contributed by atoms with Crippen molar-refractivity contribution in [2.75, 3.05) is 13.1 Å². The SMILES string of the molecule is NC1CNCCC1C(F)F. The Morgan fingerprint density at radius 1 is 1.50 bits per heavy atom. The van der Waals surface area contributed by atoms with Crippen LogP contribution in [0.4, 0.5) is 8.78 Å². The molecule has 1 saturated heterocycles. The number of hydrogen-bond acceptors (Lipinski definition) is 2. The molecule has 0 bridgehead atoms. The first kappa shape index (κ1) is 7.88. The molecule has 1 aliphatic heterocycles. The van der Waals surface area contributed by atoms with Crippen molar-refractivity contribution < 1.29 is 8.78 Å². The Morgan fingerprint density at radius 3 is 2.60 bits per heavy atom. The molecule has 0 aromatic rings. The number of hydrogen-bond donors (Lipinski definition) is 2. The number of rotatable bonds is 1. The summed E-state index contributed by atoms with van der Waals surface area (Å²) in [5.74, 6) is -0.596. The van der Waals surface area contributed by atoms with Crippen LogP contribution in [0.15, 0.2) is 0 Å². The quantitative estimate of drug-likeness (QED) is 0.560. The van der Waals surface area contributed by atoms with Crippen LogP contribution >= 0.6 is 0 Å². The van der Waals surface area contributed by atoms with Crippen molar-refractivity contribution >= 4 is 0 Å². The molecular formula is C6H12F2N2. The molecule has 2 nitrogen and oxygen atoms in total. The summed E-state index contributed by atoms with van der Waals surface area (Å²) in [6.45, 7) is 1.19. The minimum Gasteiger partial charge on any atom is -0.326 e. The van der Waals surface area contributed by atoms with E-state index >= 15 is 0 Å². The van der Waals surface area contributed by atoms with Crippen molar-refractivity contribution in [2.24, 2.45) is 11.7 Å². The lowest BCUT2D eigenvalue weighted by atomic mass is 9.94. The van der Waals surface area contributed by atoms with E-state index in [9.17, 15) is 8.78 Å². The van der Waals surface area contributed by atoms with E-state index in [1.54, 1.807) is 0 Å². The number of nitrogens with one attached hydrogen (secondary N) is 1. The van der Waals surface area contributed by atoms with Gasteiger partial charge < -0.3 is 11.1 Å².